The van der Waals surface area contributed by atoms with E-state index in [1.165, 1.54) is 11.6 Å². The summed E-state index contributed by atoms with van der Waals surface area (Å²) in [6, 6.07) is 5.68. The van der Waals surface area contributed by atoms with E-state index in [0.29, 0.717) is 34.0 Å². The van der Waals surface area contributed by atoms with Crippen molar-refractivity contribution >= 4 is 11.8 Å². The van der Waals surface area contributed by atoms with Gasteiger partial charge in [-0.05, 0) is 89.9 Å². The number of nitrogens with zero attached hydrogens (tertiary/aromatic N) is 4. The minimum Gasteiger partial charge on any atom is -0.306 e. The zero-order chi connectivity index (χ0) is 27.1. The predicted octanol–water partition coefficient (Wildman–Crippen LogP) is 7.21. The first-order valence-electron chi connectivity index (χ1n) is 13.2. The minimum absolute atomic E-state index is 0.124. The van der Waals surface area contributed by atoms with Crippen LogP contribution in [0.4, 0.5) is 4.39 Å². The van der Waals surface area contributed by atoms with Crippen molar-refractivity contribution in [2.24, 2.45) is 16.9 Å². The number of rotatable bonds is 6. The maximum atomic E-state index is 15.8. The van der Waals surface area contributed by atoms with Crippen molar-refractivity contribution in [3.05, 3.63) is 75.9 Å². The van der Waals surface area contributed by atoms with Crippen LogP contribution in [0.25, 0.3) is 6.08 Å². The third-order valence-corrected chi connectivity index (χ3v) is 6.98. The average Bonchev–Trinajstić information content (AvgIpc) is 2.86. The third-order valence-electron chi connectivity index (χ3n) is 6.98. The van der Waals surface area contributed by atoms with Crippen LogP contribution in [-0.2, 0) is 0 Å². The van der Waals surface area contributed by atoms with E-state index in [-0.39, 0.29) is 11.7 Å². The number of hydrogen-bond acceptors (Lipinski definition) is 4. The second-order valence-electron chi connectivity index (χ2n) is 10.2. The SMILES string of the molecule is C=C1C(C#N)=CC(c2cc(C)c(/C=C(\C(C#CCC)CC)C3CCN(C)CC3)c(F)c2)=NN1C=C(C)C. The summed E-state index contributed by atoms with van der Waals surface area (Å²) in [5, 5.41) is 15.9. The van der Waals surface area contributed by atoms with Gasteiger partial charge in [-0.3, -0.25) is 0 Å². The monoisotopic (exact) mass is 498 g/mol. The molecule has 1 aromatic rings. The molecule has 0 radical (unpaired) electrons. The Balaban J connectivity index is 2.08. The summed E-state index contributed by atoms with van der Waals surface area (Å²) in [6.45, 7) is 16.2. The molecule has 1 aromatic carbocycles. The molecular formula is C32H39FN4. The fourth-order valence-electron chi connectivity index (χ4n) is 4.88. The highest BCUT2D eigenvalue weighted by atomic mass is 19.1. The summed E-state index contributed by atoms with van der Waals surface area (Å²) in [6.07, 6.45) is 9.42. The van der Waals surface area contributed by atoms with Gasteiger partial charge < -0.3 is 4.90 Å². The molecule has 0 aromatic heterocycles. The molecule has 2 aliphatic rings. The Morgan fingerprint density at radius 3 is 2.54 bits per heavy atom. The zero-order valence-corrected chi connectivity index (χ0v) is 23.2. The smallest absolute Gasteiger partial charge is 0.131 e. The lowest BCUT2D eigenvalue weighted by atomic mass is 9.79. The Kier molecular flexibility index (Phi) is 9.67. The van der Waals surface area contributed by atoms with Gasteiger partial charge in [-0.1, -0.05) is 43.6 Å². The molecule has 37 heavy (non-hydrogen) atoms. The molecule has 0 spiro atoms. The molecule has 0 N–H and O–H groups in total. The number of likely N-dealkylation sites (tertiary alicyclic amines) is 1. The Morgan fingerprint density at radius 2 is 1.97 bits per heavy atom. The van der Waals surface area contributed by atoms with Gasteiger partial charge in [0.15, 0.2) is 0 Å². The maximum Gasteiger partial charge on any atom is 0.131 e. The Bertz CT molecular complexity index is 1230. The largest absolute Gasteiger partial charge is 0.306 e. The quantitative estimate of drug-likeness (QED) is 0.389. The first-order valence-corrected chi connectivity index (χ1v) is 13.2. The molecule has 5 heteroatoms. The summed E-state index contributed by atoms with van der Waals surface area (Å²) < 4.78 is 15.8. The summed E-state index contributed by atoms with van der Waals surface area (Å²) in [4.78, 5) is 2.36. The summed E-state index contributed by atoms with van der Waals surface area (Å²) >= 11 is 0. The summed E-state index contributed by atoms with van der Waals surface area (Å²) in [7, 11) is 2.16. The number of aryl methyl sites for hydroxylation is 1. The summed E-state index contributed by atoms with van der Waals surface area (Å²) in [5.41, 5.74) is 5.81. The van der Waals surface area contributed by atoms with E-state index in [2.05, 4.69) is 61.5 Å². The van der Waals surface area contributed by atoms with Gasteiger partial charge in [0.1, 0.15) is 11.9 Å². The van der Waals surface area contributed by atoms with Gasteiger partial charge >= 0.3 is 0 Å². The zero-order valence-electron chi connectivity index (χ0n) is 23.2. The molecule has 1 unspecified atom stereocenters. The van der Waals surface area contributed by atoms with Crippen molar-refractivity contribution in [3.8, 4) is 17.9 Å². The lowest BCUT2D eigenvalue weighted by Gasteiger charge is -2.32. The fraction of sp³-hybridized carbons (Fsp3) is 0.438. The third kappa shape index (κ3) is 6.88. The molecular weight excluding hydrogens is 459 g/mol. The van der Waals surface area contributed by atoms with Crippen molar-refractivity contribution < 1.29 is 4.39 Å². The van der Waals surface area contributed by atoms with Gasteiger partial charge in [-0.15, -0.1) is 5.92 Å². The first kappa shape index (κ1) is 28.2. The van der Waals surface area contributed by atoms with E-state index < -0.39 is 0 Å². The predicted molar refractivity (Wildman–Crippen MR) is 152 cm³/mol. The van der Waals surface area contributed by atoms with Crippen molar-refractivity contribution in [2.45, 2.75) is 60.3 Å². The van der Waals surface area contributed by atoms with E-state index in [9.17, 15) is 5.26 Å². The molecule has 1 saturated heterocycles. The fourth-order valence-corrected chi connectivity index (χ4v) is 4.88. The number of nitriles is 1. The molecule has 2 heterocycles. The summed E-state index contributed by atoms with van der Waals surface area (Å²) in [5.74, 6) is 6.96. The van der Waals surface area contributed by atoms with E-state index in [4.69, 9.17) is 0 Å². The van der Waals surface area contributed by atoms with Crippen LogP contribution in [0.2, 0.25) is 0 Å². The van der Waals surface area contributed by atoms with Gasteiger partial charge in [0, 0.05) is 29.7 Å². The lowest BCUT2D eigenvalue weighted by Crippen LogP contribution is -2.32. The van der Waals surface area contributed by atoms with E-state index in [0.717, 1.165) is 49.9 Å². The molecule has 0 aliphatic carbocycles. The highest BCUT2D eigenvalue weighted by Gasteiger charge is 2.26. The highest BCUT2D eigenvalue weighted by Crippen LogP contribution is 2.34. The number of benzene rings is 1. The van der Waals surface area contributed by atoms with E-state index in [1.54, 1.807) is 11.1 Å². The Labute approximate surface area is 222 Å². The van der Waals surface area contributed by atoms with Gasteiger partial charge in [0.05, 0.1) is 17.0 Å². The van der Waals surface area contributed by atoms with E-state index in [1.807, 2.05) is 33.0 Å². The van der Waals surface area contributed by atoms with Crippen LogP contribution in [0.5, 0.6) is 0 Å². The van der Waals surface area contributed by atoms with Gasteiger partial charge in [-0.25, -0.2) is 9.40 Å². The van der Waals surface area contributed by atoms with Gasteiger partial charge in [0.25, 0.3) is 0 Å². The van der Waals surface area contributed by atoms with E-state index >= 15 is 4.39 Å². The maximum absolute atomic E-state index is 15.8. The minimum atomic E-state index is -0.286. The molecule has 1 atom stereocenters. The second-order valence-corrected chi connectivity index (χ2v) is 10.2. The number of allylic oxidation sites excluding steroid dienone is 4. The van der Waals surface area contributed by atoms with Gasteiger partial charge in [-0.2, -0.15) is 10.4 Å². The standard InChI is InChI=1S/C32H39FN4/c1-8-10-11-25(9-2)30(26-12-14-36(7)15-13-26)19-29-23(5)16-27(17-31(29)33)32-18-28(20-34)24(6)37(35-32)21-22(3)4/h16-19,21,25-26H,6,8-9,12-15H2,1-5,7H3/b30-19+. The second kappa shape index (κ2) is 12.7. The van der Waals surface area contributed by atoms with Crippen LogP contribution >= 0.6 is 0 Å². The molecule has 0 amide bonds. The number of hydrogen-bond donors (Lipinski definition) is 0. The highest BCUT2D eigenvalue weighted by molar-refractivity contribution is 6.10. The van der Waals surface area contributed by atoms with Crippen molar-refractivity contribution in [1.29, 1.82) is 5.26 Å². The van der Waals surface area contributed by atoms with Crippen LogP contribution in [0.3, 0.4) is 0 Å². The first-order chi connectivity index (χ1) is 17.7. The molecule has 2 aliphatic heterocycles. The molecule has 0 saturated carbocycles. The Morgan fingerprint density at radius 1 is 1.27 bits per heavy atom. The number of piperidine rings is 1. The number of hydrazone groups is 1. The van der Waals surface area contributed by atoms with Crippen LogP contribution in [-0.4, -0.2) is 35.8 Å². The Hall–Kier alpha value is -3.41. The van der Waals surface area contributed by atoms with Crippen molar-refractivity contribution in [3.63, 3.8) is 0 Å². The van der Waals surface area contributed by atoms with Crippen LogP contribution in [0.1, 0.15) is 70.1 Å². The topological polar surface area (TPSA) is 42.6 Å². The molecule has 4 nitrogen and oxygen atoms in total. The average molecular weight is 499 g/mol. The van der Waals surface area contributed by atoms with Crippen LogP contribution < -0.4 is 0 Å². The molecule has 0 bridgehead atoms. The van der Waals surface area contributed by atoms with Crippen LogP contribution in [0, 0.1) is 47.7 Å². The molecule has 194 valence electrons. The van der Waals surface area contributed by atoms with Gasteiger partial charge in [0.2, 0.25) is 0 Å². The van der Waals surface area contributed by atoms with Crippen LogP contribution in [0.15, 0.2) is 58.5 Å². The van der Waals surface area contributed by atoms with Crippen molar-refractivity contribution in [2.75, 3.05) is 20.1 Å². The van der Waals surface area contributed by atoms with Crippen molar-refractivity contribution in [1.82, 2.24) is 9.91 Å². The molecule has 1 fully saturated rings. The normalized spacial score (nSPS) is 17.8. The number of halogens is 1. The lowest BCUT2D eigenvalue weighted by molar-refractivity contribution is 0.233. The molecule has 3 rings (SSSR count).